The zero-order chi connectivity index (χ0) is 9.68. The topological polar surface area (TPSA) is 26.3 Å². The molecule has 0 aromatic heterocycles. The number of ether oxygens (including phenoxy) is 1. The molecule has 0 N–H and O–H groups in total. The third kappa shape index (κ3) is 2.94. The lowest BCUT2D eigenvalue weighted by molar-refractivity contribution is -0.139. The number of esters is 1. The molecule has 0 aliphatic heterocycles. The standard InChI is InChI=1S/C10H13BO2/c1-13-10(12)6-8-2-4-9(7-11)5-3-8/h2-5H,6-7,11H2,1H3. The van der Waals surface area contributed by atoms with E-state index in [0.717, 1.165) is 11.9 Å². The van der Waals surface area contributed by atoms with Crippen molar-refractivity contribution in [1.82, 2.24) is 0 Å². The van der Waals surface area contributed by atoms with Crippen LogP contribution in [0.1, 0.15) is 11.1 Å². The number of rotatable bonds is 3. The van der Waals surface area contributed by atoms with Gasteiger partial charge in [0.1, 0.15) is 7.85 Å². The van der Waals surface area contributed by atoms with Crippen LogP contribution in [0, 0.1) is 0 Å². The first-order valence-electron chi connectivity index (χ1n) is 4.41. The molecule has 0 fully saturated rings. The Kier molecular flexibility index (Phi) is 3.56. The summed E-state index contributed by atoms with van der Waals surface area (Å²) in [5.41, 5.74) is 2.29. The van der Waals surface area contributed by atoms with Gasteiger partial charge >= 0.3 is 5.97 Å². The Morgan fingerprint density at radius 3 is 2.31 bits per heavy atom. The Morgan fingerprint density at radius 1 is 1.31 bits per heavy atom. The largest absolute Gasteiger partial charge is 0.469 e. The lowest BCUT2D eigenvalue weighted by atomic mass is 9.96. The van der Waals surface area contributed by atoms with E-state index in [0.29, 0.717) is 6.42 Å². The molecule has 0 saturated heterocycles. The molecular weight excluding hydrogens is 163 g/mol. The maximum atomic E-state index is 10.9. The Morgan fingerprint density at radius 2 is 1.85 bits per heavy atom. The van der Waals surface area contributed by atoms with Gasteiger partial charge in [0, 0.05) is 0 Å². The molecule has 0 heterocycles. The highest BCUT2D eigenvalue weighted by Crippen LogP contribution is 2.05. The highest BCUT2D eigenvalue weighted by atomic mass is 16.5. The second-order valence-corrected chi connectivity index (χ2v) is 2.92. The van der Waals surface area contributed by atoms with Crippen molar-refractivity contribution >= 4 is 13.8 Å². The maximum Gasteiger partial charge on any atom is 0.309 e. The van der Waals surface area contributed by atoms with E-state index in [4.69, 9.17) is 0 Å². The van der Waals surface area contributed by atoms with Crippen molar-refractivity contribution in [2.24, 2.45) is 0 Å². The van der Waals surface area contributed by atoms with E-state index in [2.05, 4.69) is 12.6 Å². The summed E-state index contributed by atoms with van der Waals surface area (Å²) in [6.07, 6.45) is 1.39. The van der Waals surface area contributed by atoms with Crippen molar-refractivity contribution in [3.63, 3.8) is 0 Å². The molecule has 0 saturated carbocycles. The minimum absolute atomic E-state index is 0.191. The second-order valence-electron chi connectivity index (χ2n) is 2.92. The number of methoxy groups -OCH3 is 1. The molecule has 2 nitrogen and oxygen atoms in total. The van der Waals surface area contributed by atoms with E-state index in [1.54, 1.807) is 0 Å². The van der Waals surface area contributed by atoms with Crippen molar-refractivity contribution in [3.8, 4) is 0 Å². The third-order valence-electron chi connectivity index (χ3n) is 2.01. The van der Waals surface area contributed by atoms with E-state index < -0.39 is 0 Å². The Balaban J connectivity index is 2.64. The SMILES string of the molecule is BCc1ccc(CC(=O)OC)cc1. The molecule has 1 rings (SSSR count). The molecular formula is C10H13BO2. The fourth-order valence-electron chi connectivity index (χ4n) is 1.13. The molecule has 0 aliphatic rings. The molecule has 68 valence electrons. The summed E-state index contributed by atoms with van der Waals surface area (Å²) in [7, 11) is 3.51. The first-order valence-corrected chi connectivity index (χ1v) is 4.41. The van der Waals surface area contributed by atoms with Crippen molar-refractivity contribution in [1.29, 1.82) is 0 Å². The van der Waals surface area contributed by atoms with E-state index in [1.807, 2.05) is 24.3 Å². The second kappa shape index (κ2) is 4.70. The molecule has 0 unspecified atom stereocenters. The number of carbonyl (C=O) groups is 1. The Hall–Kier alpha value is -1.25. The number of hydrogen-bond acceptors (Lipinski definition) is 2. The van der Waals surface area contributed by atoms with Gasteiger partial charge in [-0.1, -0.05) is 36.1 Å². The number of carbonyl (C=O) groups excluding carboxylic acids is 1. The number of benzene rings is 1. The maximum absolute atomic E-state index is 10.9. The van der Waals surface area contributed by atoms with Crippen LogP contribution in [-0.2, 0) is 22.3 Å². The van der Waals surface area contributed by atoms with Crippen LogP contribution in [0.15, 0.2) is 24.3 Å². The molecule has 1 aromatic carbocycles. The Labute approximate surface area is 79.3 Å². The smallest absolute Gasteiger partial charge is 0.309 e. The summed E-state index contributed by atoms with van der Waals surface area (Å²) >= 11 is 0. The molecule has 0 atom stereocenters. The van der Waals surface area contributed by atoms with E-state index in [-0.39, 0.29) is 5.97 Å². The zero-order valence-electron chi connectivity index (χ0n) is 8.04. The lowest BCUT2D eigenvalue weighted by Crippen LogP contribution is -2.04. The van der Waals surface area contributed by atoms with Crippen LogP contribution >= 0.6 is 0 Å². The summed E-state index contributed by atoms with van der Waals surface area (Å²) in [5, 5.41) is 0. The van der Waals surface area contributed by atoms with Crippen LogP contribution in [-0.4, -0.2) is 20.9 Å². The van der Waals surface area contributed by atoms with Crippen LogP contribution in [0.4, 0.5) is 0 Å². The van der Waals surface area contributed by atoms with Gasteiger partial charge in [-0.2, -0.15) is 0 Å². The van der Waals surface area contributed by atoms with Gasteiger partial charge in [0.15, 0.2) is 0 Å². The minimum atomic E-state index is -0.191. The lowest BCUT2D eigenvalue weighted by Gasteiger charge is -2.01. The summed E-state index contributed by atoms with van der Waals surface area (Å²) in [5.74, 6) is -0.191. The first-order chi connectivity index (χ1) is 6.26. The summed E-state index contributed by atoms with van der Waals surface area (Å²) in [6.45, 7) is 0. The molecule has 0 spiro atoms. The predicted octanol–water partition coefficient (Wildman–Crippen LogP) is 0.535. The van der Waals surface area contributed by atoms with Gasteiger partial charge < -0.3 is 4.74 Å². The molecule has 0 amide bonds. The highest BCUT2D eigenvalue weighted by molar-refractivity contribution is 6.08. The quantitative estimate of drug-likeness (QED) is 0.496. The molecule has 3 heteroatoms. The van der Waals surface area contributed by atoms with Crippen molar-refractivity contribution in [3.05, 3.63) is 35.4 Å². The predicted molar refractivity (Wildman–Crippen MR) is 54.4 cm³/mol. The van der Waals surface area contributed by atoms with Crippen molar-refractivity contribution in [2.75, 3.05) is 7.11 Å². The molecule has 0 bridgehead atoms. The zero-order valence-corrected chi connectivity index (χ0v) is 8.04. The van der Waals surface area contributed by atoms with Gasteiger partial charge in [-0.15, -0.1) is 0 Å². The van der Waals surface area contributed by atoms with Gasteiger partial charge in [-0.05, 0) is 5.56 Å². The minimum Gasteiger partial charge on any atom is -0.469 e. The van der Waals surface area contributed by atoms with Gasteiger partial charge in [-0.3, -0.25) is 4.79 Å². The van der Waals surface area contributed by atoms with Crippen LogP contribution in [0.5, 0.6) is 0 Å². The van der Waals surface area contributed by atoms with E-state index in [9.17, 15) is 4.79 Å². The van der Waals surface area contributed by atoms with Gasteiger partial charge in [-0.25, -0.2) is 0 Å². The van der Waals surface area contributed by atoms with Gasteiger partial charge in [0.05, 0.1) is 13.5 Å². The molecule has 13 heavy (non-hydrogen) atoms. The van der Waals surface area contributed by atoms with Crippen LogP contribution < -0.4 is 0 Å². The number of hydrogen-bond donors (Lipinski definition) is 0. The fourth-order valence-corrected chi connectivity index (χ4v) is 1.13. The normalized spacial score (nSPS) is 9.62. The van der Waals surface area contributed by atoms with E-state index >= 15 is 0 Å². The average molecular weight is 176 g/mol. The first kappa shape index (κ1) is 9.84. The van der Waals surface area contributed by atoms with E-state index in [1.165, 1.54) is 12.7 Å². The van der Waals surface area contributed by atoms with Crippen molar-refractivity contribution < 1.29 is 9.53 Å². The Bertz CT molecular complexity index is 279. The van der Waals surface area contributed by atoms with Crippen LogP contribution in [0.2, 0.25) is 0 Å². The van der Waals surface area contributed by atoms with Crippen LogP contribution in [0.25, 0.3) is 0 Å². The summed E-state index contributed by atoms with van der Waals surface area (Å²) < 4.78 is 4.57. The average Bonchev–Trinajstić information content (AvgIpc) is 2.19. The highest BCUT2D eigenvalue weighted by Gasteiger charge is 2.01. The van der Waals surface area contributed by atoms with Gasteiger partial charge in [0.2, 0.25) is 0 Å². The van der Waals surface area contributed by atoms with Gasteiger partial charge in [0.25, 0.3) is 0 Å². The third-order valence-corrected chi connectivity index (χ3v) is 2.01. The van der Waals surface area contributed by atoms with Crippen molar-refractivity contribution in [2.45, 2.75) is 12.7 Å². The summed E-state index contributed by atoms with van der Waals surface area (Å²) in [6, 6.07) is 8.02. The summed E-state index contributed by atoms with van der Waals surface area (Å²) in [4.78, 5) is 10.9. The van der Waals surface area contributed by atoms with Crippen LogP contribution in [0.3, 0.4) is 0 Å². The monoisotopic (exact) mass is 176 g/mol. The molecule has 1 aromatic rings. The fraction of sp³-hybridized carbons (Fsp3) is 0.300. The molecule has 0 aliphatic carbocycles. The molecule has 0 radical (unpaired) electrons.